The standard InChI is InChI=1S/C17H26N2O2/c1-5-17(2,19-10-12-21-13-11-19)16(20)14-6-8-15(9-7-14)18(3)4/h6-9H,5,10-13H2,1-4H3. The molecule has 21 heavy (non-hydrogen) atoms. The first kappa shape index (κ1) is 16.0. The molecule has 0 amide bonds. The van der Waals surface area contributed by atoms with Crippen LogP contribution in [0.4, 0.5) is 5.69 Å². The SMILES string of the molecule is CCC(C)(C(=O)c1ccc(N(C)C)cc1)N1CCOCC1. The Labute approximate surface area is 127 Å². The van der Waals surface area contributed by atoms with Gasteiger partial charge in [-0.2, -0.15) is 0 Å². The quantitative estimate of drug-likeness (QED) is 0.780. The highest BCUT2D eigenvalue weighted by Crippen LogP contribution is 2.26. The maximum Gasteiger partial charge on any atom is 0.182 e. The second kappa shape index (κ2) is 6.58. The lowest BCUT2D eigenvalue weighted by atomic mass is 9.86. The van der Waals surface area contributed by atoms with Gasteiger partial charge in [-0.25, -0.2) is 0 Å². The molecule has 0 aromatic heterocycles. The molecule has 0 aliphatic carbocycles. The molecule has 1 aliphatic heterocycles. The molecule has 1 unspecified atom stereocenters. The second-order valence-electron chi connectivity index (χ2n) is 6.00. The van der Waals surface area contributed by atoms with Crippen LogP contribution in [0.25, 0.3) is 0 Å². The lowest BCUT2D eigenvalue weighted by molar-refractivity contribution is -0.0106. The van der Waals surface area contributed by atoms with Crippen LogP contribution in [-0.4, -0.2) is 56.6 Å². The molecule has 0 N–H and O–H groups in total. The highest BCUT2D eigenvalue weighted by molar-refractivity contribution is 6.03. The summed E-state index contributed by atoms with van der Waals surface area (Å²) in [7, 11) is 4.00. The third-order valence-electron chi connectivity index (χ3n) is 4.53. The third kappa shape index (κ3) is 3.27. The van der Waals surface area contributed by atoms with Crippen LogP contribution in [0.5, 0.6) is 0 Å². The van der Waals surface area contributed by atoms with Crippen LogP contribution in [0, 0.1) is 0 Å². The molecule has 0 bridgehead atoms. The molecule has 1 fully saturated rings. The predicted octanol–water partition coefficient (Wildman–Crippen LogP) is 2.44. The van der Waals surface area contributed by atoms with Gasteiger partial charge in [0.25, 0.3) is 0 Å². The van der Waals surface area contributed by atoms with E-state index in [1.807, 2.05) is 43.3 Å². The van der Waals surface area contributed by atoms with Crippen LogP contribution in [-0.2, 0) is 4.74 Å². The molecule has 1 atom stereocenters. The van der Waals surface area contributed by atoms with Crippen molar-refractivity contribution in [1.82, 2.24) is 4.90 Å². The molecule has 116 valence electrons. The van der Waals surface area contributed by atoms with E-state index in [1.165, 1.54) is 0 Å². The van der Waals surface area contributed by atoms with Crippen LogP contribution < -0.4 is 4.90 Å². The van der Waals surface area contributed by atoms with Crippen LogP contribution in [0.3, 0.4) is 0 Å². The molecule has 2 rings (SSSR count). The van der Waals surface area contributed by atoms with Gasteiger partial charge in [0.2, 0.25) is 0 Å². The number of anilines is 1. The maximum absolute atomic E-state index is 13.0. The molecule has 0 saturated carbocycles. The molecule has 0 spiro atoms. The predicted molar refractivity (Wildman–Crippen MR) is 86.2 cm³/mol. The zero-order valence-corrected chi connectivity index (χ0v) is 13.6. The van der Waals surface area contributed by atoms with Gasteiger partial charge in [-0.3, -0.25) is 9.69 Å². The van der Waals surface area contributed by atoms with Gasteiger partial charge in [0.05, 0.1) is 18.8 Å². The van der Waals surface area contributed by atoms with E-state index in [-0.39, 0.29) is 5.78 Å². The smallest absolute Gasteiger partial charge is 0.182 e. The van der Waals surface area contributed by atoms with Crippen molar-refractivity contribution in [2.45, 2.75) is 25.8 Å². The van der Waals surface area contributed by atoms with Crippen molar-refractivity contribution in [2.24, 2.45) is 0 Å². The van der Waals surface area contributed by atoms with Crippen molar-refractivity contribution < 1.29 is 9.53 Å². The summed E-state index contributed by atoms with van der Waals surface area (Å²) in [6.07, 6.45) is 0.807. The number of Topliss-reactive ketones (excluding diaryl/α,β-unsaturated/α-hetero) is 1. The third-order valence-corrected chi connectivity index (χ3v) is 4.53. The van der Waals surface area contributed by atoms with Gasteiger partial charge in [0.15, 0.2) is 5.78 Å². The molecular formula is C17H26N2O2. The van der Waals surface area contributed by atoms with E-state index in [2.05, 4.69) is 18.7 Å². The summed E-state index contributed by atoms with van der Waals surface area (Å²) in [4.78, 5) is 17.3. The van der Waals surface area contributed by atoms with Gasteiger partial charge in [-0.1, -0.05) is 6.92 Å². The Balaban J connectivity index is 2.22. The van der Waals surface area contributed by atoms with Crippen molar-refractivity contribution in [3.8, 4) is 0 Å². The number of hydrogen-bond acceptors (Lipinski definition) is 4. The summed E-state index contributed by atoms with van der Waals surface area (Å²) in [6.45, 7) is 7.21. The minimum Gasteiger partial charge on any atom is -0.379 e. The molecule has 1 aliphatic rings. The Morgan fingerprint density at radius 2 is 1.81 bits per heavy atom. The highest BCUT2D eigenvalue weighted by Gasteiger charge is 2.38. The van der Waals surface area contributed by atoms with Gasteiger partial charge in [-0.15, -0.1) is 0 Å². The van der Waals surface area contributed by atoms with E-state index < -0.39 is 5.54 Å². The fourth-order valence-corrected chi connectivity index (χ4v) is 2.81. The average Bonchev–Trinajstić information content (AvgIpc) is 2.54. The molecule has 4 heteroatoms. The van der Waals surface area contributed by atoms with E-state index in [9.17, 15) is 4.79 Å². The largest absolute Gasteiger partial charge is 0.379 e. The average molecular weight is 290 g/mol. The Morgan fingerprint density at radius 1 is 1.24 bits per heavy atom. The minimum atomic E-state index is -0.441. The summed E-state index contributed by atoms with van der Waals surface area (Å²) in [6, 6.07) is 7.88. The first-order chi connectivity index (χ1) is 9.99. The Kier molecular flexibility index (Phi) is 5.01. The van der Waals surface area contributed by atoms with Crippen molar-refractivity contribution in [2.75, 3.05) is 45.3 Å². The molecule has 1 heterocycles. The fourth-order valence-electron chi connectivity index (χ4n) is 2.81. The zero-order chi connectivity index (χ0) is 15.5. The van der Waals surface area contributed by atoms with Crippen molar-refractivity contribution >= 4 is 11.5 Å². The van der Waals surface area contributed by atoms with Gasteiger partial charge in [0.1, 0.15) is 0 Å². The number of benzene rings is 1. The highest BCUT2D eigenvalue weighted by atomic mass is 16.5. The number of ether oxygens (including phenoxy) is 1. The number of ketones is 1. The van der Waals surface area contributed by atoms with Crippen molar-refractivity contribution in [1.29, 1.82) is 0 Å². The molecule has 1 aromatic carbocycles. The van der Waals surface area contributed by atoms with Gasteiger partial charge >= 0.3 is 0 Å². The van der Waals surface area contributed by atoms with Gasteiger partial charge in [-0.05, 0) is 37.6 Å². The minimum absolute atomic E-state index is 0.206. The molecule has 4 nitrogen and oxygen atoms in total. The number of hydrogen-bond donors (Lipinski definition) is 0. The summed E-state index contributed by atoms with van der Waals surface area (Å²) in [5.41, 5.74) is 1.45. The van der Waals surface area contributed by atoms with Crippen LogP contribution >= 0.6 is 0 Å². The molecule has 1 aromatic rings. The summed E-state index contributed by atoms with van der Waals surface area (Å²) < 4.78 is 5.41. The summed E-state index contributed by atoms with van der Waals surface area (Å²) in [5.74, 6) is 0.206. The Morgan fingerprint density at radius 3 is 2.29 bits per heavy atom. The van der Waals surface area contributed by atoms with Crippen LogP contribution in [0.2, 0.25) is 0 Å². The van der Waals surface area contributed by atoms with Crippen molar-refractivity contribution in [3.05, 3.63) is 29.8 Å². The van der Waals surface area contributed by atoms with E-state index in [4.69, 9.17) is 4.74 Å². The molecule has 0 radical (unpaired) electrons. The number of carbonyl (C=O) groups excluding carboxylic acids is 1. The van der Waals surface area contributed by atoms with E-state index in [0.717, 1.165) is 30.8 Å². The van der Waals surface area contributed by atoms with Crippen LogP contribution in [0.15, 0.2) is 24.3 Å². The number of nitrogens with zero attached hydrogens (tertiary/aromatic N) is 2. The maximum atomic E-state index is 13.0. The van der Waals surface area contributed by atoms with Gasteiger partial charge in [0, 0.05) is 38.4 Å². The topological polar surface area (TPSA) is 32.8 Å². The zero-order valence-electron chi connectivity index (χ0n) is 13.6. The normalized spacial score (nSPS) is 19.0. The first-order valence-electron chi connectivity index (χ1n) is 7.64. The number of rotatable bonds is 5. The Bertz CT molecular complexity index is 478. The van der Waals surface area contributed by atoms with E-state index >= 15 is 0 Å². The fraction of sp³-hybridized carbons (Fsp3) is 0.588. The van der Waals surface area contributed by atoms with Crippen LogP contribution in [0.1, 0.15) is 30.6 Å². The van der Waals surface area contributed by atoms with Crippen molar-refractivity contribution in [3.63, 3.8) is 0 Å². The first-order valence-corrected chi connectivity index (χ1v) is 7.64. The summed E-state index contributed by atoms with van der Waals surface area (Å²) in [5, 5.41) is 0. The summed E-state index contributed by atoms with van der Waals surface area (Å²) >= 11 is 0. The molecular weight excluding hydrogens is 264 g/mol. The molecule has 1 saturated heterocycles. The van der Waals surface area contributed by atoms with E-state index in [1.54, 1.807) is 0 Å². The Hall–Kier alpha value is -1.39. The number of carbonyl (C=O) groups is 1. The monoisotopic (exact) mass is 290 g/mol. The lowest BCUT2D eigenvalue weighted by Crippen LogP contribution is -2.56. The van der Waals surface area contributed by atoms with E-state index in [0.29, 0.717) is 13.2 Å². The lowest BCUT2D eigenvalue weighted by Gasteiger charge is -2.41. The number of morpholine rings is 1. The van der Waals surface area contributed by atoms with Gasteiger partial charge < -0.3 is 9.64 Å². The second-order valence-corrected chi connectivity index (χ2v) is 6.00.